The second kappa shape index (κ2) is 4.33. The van der Waals surface area contributed by atoms with E-state index >= 15 is 0 Å². The fourth-order valence-electron chi connectivity index (χ4n) is 1.87. The highest BCUT2D eigenvalue weighted by Crippen LogP contribution is 2.23. The van der Waals surface area contributed by atoms with Crippen LogP contribution in [0, 0.1) is 0 Å². The lowest BCUT2D eigenvalue weighted by Crippen LogP contribution is -2.38. The van der Waals surface area contributed by atoms with Gasteiger partial charge in [0.25, 0.3) is 0 Å². The van der Waals surface area contributed by atoms with E-state index in [1.807, 2.05) is 11.8 Å². The van der Waals surface area contributed by atoms with Gasteiger partial charge in [0.1, 0.15) is 0 Å². The molecule has 0 spiro atoms. The van der Waals surface area contributed by atoms with Gasteiger partial charge >= 0.3 is 6.09 Å². The number of amides is 1. The first-order valence-electron chi connectivity index (χ1n) is 4.64. The predicted molar refractivity (Wildman–Crippen MR) is 47.0 cm³/mol. The third kappa shape index (κ3) is 1.90. The van der Waals surface area contributed by atoms with E-state index in [1.54, 1.807) is 0 Å². The molecule has 0 atom stereocenters. The zero-order valence-corrected chi connectivity index (χ0v) is 7.88. The first-order chi connectivity index (χ1) is 5.79. The Bertz CT molecular complexity index is 153. The third-order valence-electron chi connectivity index (χ3n) is 2.52. The molecule has 1 aliphatic carbocycles. The Morgan fingerprint density at radius 2 is 2.08 bits per heavy atom. The maximum atomic E-state index is 11.2. The minimum atomic E-state index is -0.176. The fraction of sp³-hybridized carbons (Fsp3) is 0.889. The second-order valence-corrected chi connectivity index (χ2v) is 3.19. The van der Waals surface area contributed by atoms with E-state index in [9.17, 15) is 4.79 Å². The summed E-state index contributed by atoms with van der Waals surface area (Å²) >= 11 is 0. The van der Waals surface area contributed by atoms with Crippen LogP contribution in [0.1, 0.15) is 32.6 Å². The van der Waals surface area contributed by atoms with Crippen LogP contribution in [0.25, 0.3) is 0 Å². The first-order valence-corrected chi connectivity index (χ1v) is 4.64. The molecule has 0 unspecified atom stereocenters. The van der Waals surface area contributed by atoms with E-state index in [2.05, 4.69) is 0 Å². The summed E-state index contributed by atoms with van der Waals surface area (Å²) in [5.41, 5.74) is 0. The predicted octanol–water partition coefficient (Wildman–Crippen LogP) is 2.02. The smallest absolute Gasteiger partial charge is 0.409 e. The van der Waals surface area contributed by atoms with Crippen LogP contribution in [0.2, 0.25) is 0 Å². The Kier molecular flexibility index (Phi) is 3.38. The van der Waals surface area contributed by atoms with Crippen LogP contribution in [-0.4, -0.2) is 30.7 Å². The van der Waals surface area contributed by atoms with Gasteiger partial charge < -0.3 is 9.64 Å². The van der Waals surface area contributed by atoms with Crippen LogP contribution < -0.4 is 0 Å². The molecule has 0 saturated heterocycles. The van der Waals surface area contributed by atoms with Crippen molar-refractivity contribution in [3.05, 3.63) is 0 Å². The SMILES string of the molecule is CCN(C(=O)OC)C1CCCC1. The van der Waals surface area contributed by atoms with E-state index in [0.717, 1.165) is 19.4 Å². The molecule has 3 nitrogen and oxygen atoms in total. The Balaban J connectivity index is 2.48. The molecule has 1 fully saturated rings. The van der Waals surface area contributed by atoms with Gasteiger partial charge in [-0.1, -0.05) is 12.8 Å². The molecule has 1 aliphatic rings. The summed E-state index contributed by atoms with van der Waals surface area (Å²) in [6, 6.07) is 0.433. The minimum Gasteiger partial charge on any atom is -0.453 e. The van der Waals surface area contributed by atoms with Crippen molar-refractivity contribution in [2.24, 2.45) is 0 Å². The van der Waals surface area contributed by atoms with Crippen LogP contribution in [0.3, 0.4) is 0 Å². The van der Waals surface area contributed by atoms with Crippen molar-refractivity contribution in [3.8, 4) is 0 Å². The molecule has 0 aromatic heterocycles. The average Bonchev–Trinajstić information content (AvgIpc) is 2.58. The molecule has 1 rings (SSSR count). The quantitative estimate of drug-likeness (QED) is 0.636. The normalized spacial score (nSPS) is 17.8. The Hall–Kier alpha value is -0.730. The average molecular weight is 171 g/mol. The van der Waals surface area contributed by atoms with Crippen LogP contribution in [0.5, 0.6) is 0 Å². The lowest BCUT2D eigenvalue weighted by atomic mass is 10.2. The lowest BCUT2D eigenvalue weighted by molar-refractivity contribution is 0.108. The van der Waals surface area contributed by atoms with Crippen molar-refractivity contribution in [1.82, 2.24) is 4.90 Å². The molecule has 0 heterocycles. The standard InChI is InChI=1S/C9H17NO2/c1-3-10(9(11)12-2)8-6-4-5-7-8/h8H,3-7H2,1-2H3. The third-order valence-corrected chi connectivity index (χ3v) is 2.52. The second-order valence-electron chi connectivity index (χ2n) is 3.19. The molecule has 1 amide bonds. The summed E-state index contributed by atoms with van der Waals surface area (Å²) in [5.74, 6) is 0. The summed E-state index contributed by atoms with van der Waals surface area (Å²) in [5, 5.41) is 0. The van der Waals surface area contributed by atoms with Crippen molar-refractivity contribution in [2.75, 3.05) is 13.7 Å². The first kappa shape index (κ1) is 9.36. The molecular formula is C9H17NO2. The largest absolute Gasteiger partial charge is 0.453 e. The molecule has 0 bridgehead atoms. The fourth-order valence-corrected chi connectivity index (χ4v) is 1.87. The number of ether oxygens (including phenoxy) is 1. The van der Waals surface area contributed by atoms with Gasteiger partial charge in [-0.2, -0.15) is 0 Å². The maximum absolute atomic E-state index is 11.2. The van der Waals surface area contributed by atoms with Crippen molar-refractivity contribution in [2.45, 2.75) is 38.6 Å². The topological polar surface area (TPSA) is 29.5 Å². The van der Waals surface area contributed by atoms with Gasteiger partial charge in [-0.3, -0.25) is 0 Å². The van der Waals surface area contributed by atoms with Gasteiger partial charge in [0.05, 0.1) is 7.11 Å². The highest BCUT2D eigenvalue weighted by Gasteiger charge is 2.25. The van der Waals surface area contributed by atoms with E-state index in [1.165, 1.54) is 20.0 Å². The number of carbonyl (C=O) groups is 1. The Morgan fingerprint density at radius 3 is 2.50 bits per heavy atom. The highest BCUT2D eigenvalue weighted by atomic mass is 16.5. The minimum absolute atomic E-state index is 0.176. The van der Waals surface area contributed by atoms with Crippen LogP contribution >= 0.6 is 0 Å². The zero-order valence-electron chi connectivity index (χ0n) is 7.88. The maximum Gasteiger partial charge on any atom is 0.409 e. The molecule has 1 saturated carbocycles. The summed E-state index contributed by atoms with van der Waals surface area (Å²) in [7, 11) is 1.44. The van der Waals surface area contributed by atoms with Gasteiger partial charge in [0, 0.05) is 12.6 Å². The number of hydrogen-bond donors (Lipinski definition) is 0. The van der Waals surface area contributed by atoms with E-state index in [-0.39, 0.29) is 6.09 Å². The highest BCUT2D eigenvalue weighted by molar-refractivity contribution is 5.67. The van der Waals surface area contributed by atoms with E-state index < -0.39 is 0 Å². The zero-order chi connectivity index (χ0) is 8.97. The number of nitrogens with zero attached hydrogens (tertiary/aromatic N) is 1. The summed E-state index contributed by atoms with van der Waals surface area (Å²) in [6.45, 7) is 2.76. The number of hydrogen-bond acceptors (Lipinski definition) is 2. The lowest BCUT2D eigenvalue weighted by Gasteiger charge is -2.25. The summed E-state index contributed by atoms with van der Waals surface area (Å²) in [6.07, 6.45) is 4.60. The van der Waals surface area contributed by atoms with Gasteiger partial charge in [-0.05, 0) is 19.8 Å². The van der Waals surface area contributed by atoms with Gasteiger partial charge in [-0.15, -0.1) is 0 Å². The number of rotatable bonds is 2. The number of methoxy groups -OCH3 is 1. The van der Waals surface area contributed by atoms with Crippen molar-refractivity contribution < 1.29 is 9.53 Å². The monoisotopic (exact) mass is 171 g/mol. The molecule has 0 N–H and O–H groups in total. The summed E-state index contributed by atoms with van der Waals surface area (Å²) < 4.78 is 4.70. The molecule has 0 aromatic rings. The molecule has 3 heteroatoms. The van der Waals surface area contributed by atoms with Gasteiger partial charge in [0.2, 0.25) is 0 Å². The summed E-state index contributed by atoms with van der Waals surface area (Å²) in [4.78, 5) is 13.1. The van der Waals surface area contributed by atoms with Crippen LogP contribution in [0.4, 0.5) is 4.79 Å². The van der Waals surface area contributed by atoms with Crippen molar-refractivity contribution in [1.29, 1.82) is 0 Å². The van der Waals surface area contributed by atoms with Crippen molar-refractivity contribution in [3.63, 3.8) is 0 Å². The van der Waals surface area contributed by atoms with Gasteiger partial charge in [-0.25, -0.2) is 4.79 Å². The Morgan fingerprint density at radius 1 is 1.50 bits per heavy atom. The van der Waals surface area contributed by atoms with E-state index in [4.69, 9.17) is 4.74 Å². The molecular weight excluding hydrogens is 154 g/mol. The molecule has 0 aromatic carbocycles. The molecule has 70 valence electrons. The van der Waals surface area contributed by atoms with E-state index in [0.29, 0.717) is 6.04 Å². The van der Waals surface area contributed by atoms with Gasteiger partial charge in [0.15, 0.2) is 0 Å². The van der Waals surface area contributed by atoms with Crippen LogP contribution in [0.15, 0.2) is 0 Å². The van der Waals surface area contributed by atoms with Crippen molar-refractivity contribution >= 4 is 6.09 Å². The number of carbonyl (C=O) groups excluding carboxylic acids is 1. The van der Waals surface area contributed by atoms with Crippen LogP contribution in [-0.2, 0) is 4.74 Å². The molecule has 0 aliphatic heterocycles. The Labute approximate surface area is 73.7 Å². The molecule has 0 radical (unpaired) electrons. The molecule has 12 heavy (non-hydrogen) atoms.